The highest BCUT2D eigenvalue weighted by molar-refractivity contribution is 5.60. The van der Waals surface area contributed by atoms with Crippen molar-refractivity contribution in [3.8, 4) is 11.4 Å². The van der Waals surface area contributed by atoms with Crippen LogP contribution in [0, 0.1) is 20.8 Å². The lowest BCUT2D eigenvalue weighted by Gasteiger charge is -2.04. The standard InChI is InChI=1S/C15H19N5/c1-9-5-6-12(7-10(9)2)14-18-20-13(8-16)11(3)17-15(20)19(14)4/h5-7H,8,16H2,1-4H3. The highest BCUT2D eigenvalue weighted by Crippen LogP contribution is 2.23. The summed E-state index contributed by atoms with van der Waals surface area (Å²) in [6, 6.07) is 6.38. The van der Waals surface area contributed by atoms with E-state index in [2.05, 4.69) is 42.1 Å². The van der Waals surface area contributed by atoms with E-state index < -0.39 is 0 Å². The predicted molar refractivity (Wildman–Crippen MR) is 79.5 cm³/mol. The van der Waals surface area contributed by atoms with Crippen LogP contribution in [0.3, 0.4) is 0 Å². The number of rotatable bonds is 2. The van der Waals surface area contributed by atoms with Gasteiger partial charge in [-0.3, -0.25) is 4.57 Å². The molecule has 0 amide bonds. The van der Waals surface area contributed by atoms with Crippen LogP contribution in [0.25, 0.3) is 17.2 Å². The number of hydrogen-bond donors (Lipinski definition) is 1. The zero-order valence-electron chi connectivity index (χ0n) is 12.3. The molecule has 1 aromatic carbocycles. The molecule has 0 aliphatic carbocycles. The van der Waals surface area contributed by atoms with Gasteiger partial charge in [-0.15, -0.1) is 5.10 Å². The molecule has 2 heterocycles. The fourth-order valence-corrected chi connectivity index (χ4v) is 2.48. The Morgan fingerprint density at radius 1 is 1.15 bits per heavy atom. The molecule has 2 aromatic heterocycles. The lowest BCUT2D eigenvalue weighted by Crippen LogP contribution is -2.03. The molecule has 5 nitrogen and oxygen atoms in total. The van der Waals surface area contributed by atoms with Crippen molar-refractivity contribution < 1.29 is 0 Å². The van der Waals surface area contributed by atoms with Crippen LogP contribution in [0.4, 0.5) is 0 Å². The van der Waals surface area contributed by atoms with E-state index >= 15 is 0 Å². The molecule has 5 heteroatoms. The third kappa shape index (κ3) is 1.74. The largest absolute Gasteiger partial charge is 0.325 e. The topological polar surface area (TPSA) is 61.1 Å². The third-order valence-corrected chi connectivity index (χ3v) is 3.90. The summed E-state index contributed by atoms with van der Waals surface area (Å²) in [5, 5.41) is 4.68. The first-order chi connectivity index (χ1) is 9.52. The Hall–Kier alpha value is -2.14. The molecular weight excluding hydrogens is 250 g/mol. The van der Waals surface area contributed by atoms with Crippen LogP contribution in [-0.4, -0.2) is 19.2 Å². The molecule has 0 bridgehead atoms. The van der Waals surface area contributed by atoms with Crippen molar-refractivity contribution in [3.63, 3.8) is 0 Å². The van der Waals surface area contributed by atoms with E-state index in [0.29, 0.717) is 6.54 Å². The molecule has 0 aliphatic heterocycles. The quantitative estimate of drug-likeness (QED) is 0.775. The molecule has 0 unspecified atom stereocenters. The van der Waals surface area contributed by atoms with Gasteiger partial charge in [-0.25, -0.2) is 4.98 Å². The number of nitrogens with zero attached hydrogens (tertiary/aromatic N) is 4. The summed E-state index contributed by atoms with van der Waals surface area (Å²) in [4.78, 5) is 4.55. The molecule has 2 N–H and O–H groups in total. The van der Waals surface area contributed by atoms with E-state index in [1.54, 1.807) is 0 Å². The SMILES string of the molecule is Cc1ccc(-c2nn3c(CN)c(C)nc3n2C)cc1C. The molecular formula is C15H19N5. The minimum Gasteiger partial charge on any atom is -0.325 e. The number of hydrogen-bond acceptors (Lipinski definition) is 3. The lowest BCUT2D eigenvalue weighted by atomic mass is 10.1. The lowest BCUT2D eigenvalue weighted by molar-refractivity contribution is 0.859. The van der Waals surface area contributed by atoms with Crippen LogP contribution in [0.15, 0.2) is 18.2 Å². The Balaban J connectivity index is 2.24. The summed E-state index contributed by atoms with van der Waals surface area (Å²) in [6.45, 7) is 6.63. The van der Waals surface area contributed by atoms with Gasteiger partial charge in [0.05, 0.1) is 11.4 Å². The van der Waals surface area contributed by atoms with Gasteiger partial charge in [0.15, 0.2) is 5.82 Å². The van der Waals surface area contributed by atoms with Gasteiger partial charge >= 0.3 is 0 Å². The maximum Gasteiger partial charge on any atom is 0.232 e. The first-order valence-corrected chi connectivity index (χ1v) is 6.71. The van der Waals surface area contributed by atoms with Crippen molar-refractivity contribution in [1.82, 2.24) is 19.2 Å². The summed E-state index contributed by atoms with van der Waals surface area (Å²) < 4.78 is 3.86. The summed E-state index contributed by atoms with van der Waals surface area (Å²) in [5.41, 5.74) is 11.3. The van der Waals surface area contributed by atoms with Gasteiger partial charge in [-0.1, -0.05) is 12.1 Å². The molecule has 0 atom stereocenters. The number of aromatic nitrogens is 4. The van der Waals surface area contributed by atoms with E-state index in [1.807, 2.05) is 23.1 Å². The Kier molecular flexibility index (Phi) is 2.87. The number of nitrogens with two attached hydrogens (primary N) is 1. The summed E-state index contributed by atoms with van der Waals surface area (Å²) in [6.07, 6.45) is 0. The maximum absolute atomic E-state index is 5.79. The van der Waals surface area contributed by atoms with Crippen molar-refractivity contribution in [2.75, 3.05) is 0 Å². The summed E-state index contributed by atoms with van der Waals surface area (Å²) in [5.74, 6) is 1.74. The van der Waals surface area contributed by atoms with Crippen LogP contribution in [-0.2, 0) is 13.6 Å². The second kappa shape index (κ2) is 4.45. The van der Waals surface area contributed by atoms with Crippen molar-refractivity contribution in [1.29, 1.82) is 0 Å². The average molecular weight is 269 g/mol. The van der Waals surface area contributed by atoms with Gasteiger partial charge in [0, 0.05) is 19.2 Å². The second-order valence-electron chi connectivity index (χ2n) is 5.24. The Morgan fingerprint density at radius 2 is 1.90 bits per heavy atom. The van der Waals surface area contributed by atoms with Gasteiger partial charge in [-0.2, -0.15) is 4.52 Å². The van der Waals surface area contributed by atoms with Gasteiger partial charge in [0.2, 0.25) is 5.78 Å². The normalized spacial score (nSPS) is 11.4. The van der Waals surface area contributed by atoms with Gasteiger partial charge < -0.3 is 5.73 Å². The van der Waals surface area contributed by atoms with Crippen molar-refractivity contribution >= 4 is 5.78 Å². The van der Waals surface area contributed by atoms with Crippen molar-refractivity contribution in [2.45, 2.75) is 27.3 Å². The smallest absolute Gasteiger partial charge is 0.232 e. The van der Waals surface area contributed by atoms with Crippen molar-refractivity contribution in [2.24, 2.45) is 12.8 Å². The average Bonchev–Trinajstić information content (AvgIpc) is 2.89. The summed E-state index contributed by atoms with van der Waals surface area (Å²) in [7, 11) is 1.99. The van der Waals surface area contributed by atoms with E-state index in [0.717, 1.165) is 28.6 Å². The van der Waals surface area contributed by atoms with Gasteiger partial charge in [0.1, 0.15) is 0 Å². The number of fused-ring (bicyclic) bond motifs is 1. The molecule has 3 aromatic rings. The first kappa shape index (κ1) is 12.9. The number of benzene rings is 1. The highest BCUT2D eigenvalue weighted by Gasteiger charge is 2.16. The minimum atomic E-state index is 0.441. The number of aryl methyl sites for hydroxylation is 4. The maximum atomic E-state index is 5.79. The van der Waals surface area contributed by atoms with E-state index in [4.69, 9.17) is 5.73 Å². The fourth-order valence-electron chi connectivity index (χ4n) is 2.48. The van der Waals surface area contributed by atoms with Crippen LogP contribution in [0.2, 0.25) is 0 Å². The Labute approximate surface area is 118 Å². The van der Waals surface area contributed by atoms with Crippen LogP contribution < -0.4 is 5.73 Å². The van der Waals surface area contributed by atoms with E-state index in [9.17, 15) is 0 Å². The molecule has 20 heavy (non-hydrogen) atoms. The Bertz CT molecular complexity index is 794. The van der Waals surface area contributed by atoms with E-state index in [-0.39, 0.29) is 0 Å². The molecule has 0 radical (unpaired) electrons. The molecule has 0 fully saturated rings. The molecule has 0 saturated heterocycles. The van der Waals surface area contributed by atoms with Crippen LogP contribution in [0.5, 0.6) is 0 Å². The molecule has 0 saturated carbocycles. The molecule has 0 aliphatic rings. The predicted octanol–water partition coefficient (Wildman–Crippen LogP) is 2.12. The second-order valence-corrected chi connectivity index (χ2v) is 5.24. The molecule has 104 valence electrons. The molecule has 0 spiro atoms. The zero-order chi connectivity index (χ0) is 14.4. The van der Waals surface area contributed by atoms with E-state index in [1.165, 1.54) is 11.1 Å². The zero-order valence-corrected chi connectivity index (χ0v) is 12.3. The number of imidazole rings is 1. The van der Waals surface area contributed by atoms with Crippen LogP contribution in [0.1, 0.15) is 22.5 Å². The minimum absolute atomic E-state index is 0.441. The van der Waals surface area contributed by atoms with Crippen LogP contribution >= 0.6 is 0 Å². The summed E-state index contributed by atoms with van der Waals surface area (Å²) >= 11 is 0. The van der Waals surface area contributed by atoms with Gasteiger partial charge in [0.25, 0.3) is 0 Å². The third-order valence-electron chi connectivity index (χ3n) is 3.90. The first-order valence-electron chi connectivity index (χ1n) is 6.71. The molecule has 3 rings (SSSR count). The fraction of sp³-hybridized carbons (Fsp3) is 0.333. The Morgan fingerprint density at radius 3 is 2.55 bits per heavy atom. The monoisotopic (exact) mass is 269 g/mol. The highest BCUT2D eigenvalue weighted by atomic mass is 15.4. The van der Waals surface area contributed by atoms with Crippen molar-refractivity contribution in [3.05, 3.63) is 40.7 Å². The van der Waals surface area contributed by atoms with Gasteiger partial charge in [-0.05, 0) is 38.0 Å².